The van der Waals surface area contributed by atoms with Crippen molar-refractivity contribution >= 4 is 16.8 Å². The maximum atomic E-state index is 12.9. The first-order chi connectivity index (χ1) is 15.5. The van der Waals surface area contributed by atoms with Crippen molar-refractivity contribution in [2.45, 2.75) is 40.2 Å². The number of nitrogens with zero attached hydrogens (tertiary/aromatic N) is 3. The van der Waals surface area contributed by atoms with Crippen LogP contribution in [-0.2, 0) is 11.3 Å². The van der Waals surface area contributed by atoms with Gasteiger partial charge in [0.15, 0.2) is 0 Å². The van der Waals surface area contributed by atoms with Gasteiger partial charge in [0.05, 0.1) is 11.4 Å². The molecular weight excluding hydrogens is 398 g/mol. The Labute approximate surface area is 190 Å². The molecule has 0 bridgehead atoms. The van der Waals surface area contributed by atoms with Crippen molar-refractivity contribution in [2.75, 3.05) is 26.2 Å². The number of hydrogen-bond acceptors (Lipinski definition) is 4. The fraction of sp³-hybridized carbons (Fsp3) is 0.407. The third-order valence-corrected chi connectivity index (χ3v) is 6.56. The minimum Gasteiger partial charge on any atom is -0.508 e. The highest BCUT2D eigenvalue weighted by atomic mass is 16.3. The van der Waals surface area contributed by atoms with Crippen molar-refractivity contribution in [1.29, 1.82) is 0 Å². The second-order valence-electron chi connectivity index (χ2n) is 8.76. The van der Waals surface area contributed by atoms with Crippen LogP contribution in [0, 0.1) is 12.8 Å². The molecule has 2 aromatic carbocycles. The fourth-order valence-corrected chi connectivity index (χ4v) is 4.86. The van der Waals surface area contributed by atoms with Gasteiger partial charge in [-0.25, -0.2) is 0 Å². The van der Waals surface area contributed by atoms with Gasteiger partial charge in [-0.05, 0) is 75.5 Å². The van der Waals surface area contributed by atoms with Gasteiger partial charge in [0.1, 0.15) is 5.75 Å². The molecule has 2 heterocycles. The van der Waals surface area contributed by atoms with E-state index in [9.17, 15) is 9.90 Å². The second kappa shape index (κ2) is 9.70. The zero-order chi connectivity index (χ0) is 22.7. The molecule has 1 saturated heterocycles. The maximum absolute atomic E-state index is 12.9. The Bertz CT molecular complexity index is 1110. The summed E-state index contributed by atoms with van der Waals surface area (Å²) in [6.07, 6.45) is 1.95. The topological polar surface area (TPSA) is 56.7 Å². The monoisotopic (exact) mass is 431 g/mol. The van der Waals surface area contributed by atoms with Crippen LogP contribution in [0.4, 0.5) is 0 Å². The van der Waals surface area contributed by atoms with E-state index in [1.165, 1.54) is 0 Å². The first-order valence-electron chi connectivity index (χ1n) is 11.7. The van der Waals surface area contributed by atoms with Crippen LogP contribution in [0.1, 0.15) is 37.9 Å². The molecule has 1 aromatic heterocycles. The van der Waals surface area contributed by atoms with Gasteiger partial charge in [-0.2, -0.15) is 0 Å². The Hall–Kier alpha value is -2.92. The van der Waals surface area contributed by atoms with E-state index in [4.69, 9.17) is 0 Å². The molecule has 32 heavy (non-hydrogen) atoms. The van der Waals surface area contributed by atoms with Crippen molar-refractivity contribution < 1.29 is 9.90 Å². The molecule has 5 heteroatoms. The van der Waals surface area contributed by atoms with Crippen LogP contribution in [-0.4, -0.2) is 52.0 Å². The van der Waals surface area contributed by atoms with Crippen LogP contribution in [0.2, 0.25) is 0 Å². The summed E-state index contributed by atoms with van der Waals surface area (Å²) in [5.41, 5.74) is 5.06. The largest absolute Gasteiger partial charge is 0.508 e. The number of pyridine rings is 1. The number of rotatable bonds is 6. The molecule has 1 atom stereocenters. The highest BCUT2D eigenvalue weighted by molar-refractivity contribution is 5.94. The highest BCUT2D eigenvalue weighted by Gasteiger charge is 2.28. The normalized spacial score (nSPS) is 16.9. The highest BCUT2D eigenvalue weighted by Crippen LogP contribution is 2.32. The Kier molecular flexibility index (Phi) is 6.75. The van der Waals surface area contributed by atoms with Gasteiger partial charge in [-0.1, -0.05) is 24.3 Å². The molecule has 0 radical (unpaired) electrons. The number of benzene rings is 2. The lowest BCUT2D eigenvalue weighted by Gasteiger charge is -2.34. The summed E-state index contributed by atoms with van der Waals surface area (Å²) in [5, 5.41) is 11.7. The molecule has 4 rings (SSSR count). The lowest BCUT2D eigenvalue weighted by molar-refractivity contribution is -0.137. The lowest BCUT2D eigenvalue weighted by atomic mass is 9.95. The van der Waals surface area contributed by atoms with E-state index in [0.717, 1.165) is 72.3 Å². The van der Waals surface area contributed by atoms with E-state index < -0.39 is 0 Å². The first kappa shape index (κ1) is 22.3. The molecule has 1 unspecified atom stereocenters. The van der Waals surface area contributed by atoms with E-state index in [1.54, 1.807) is 6.07 Å². The molecule has 168 valence electrons. The Morgan fingerprint density at radius 3 is 2.72 bits per heavy atom. The number of carbonyl (C=O) groups is 1. The molecule has 0 aliphatic carbocycles. The number of aryl methyl sites for hydroxylation is 1. The molecule has 1 amide bonds. The number of piperidine rings is 1. The molecule has 1 aliphatic rings. The van der Waals surface area contributed by atoms with Gasteiger partial charge in [0.2, 0.25) is 5.91 Å². The second-order valence-corrected chi connectivity index (χ2v) is 8.76. The van der Waals surface area contributed by atoms with Crippen LogP contribution in [0.25, 0.3) is 22.0 Å². The van der Waals surface area contributed by atoms with E-state index in [2.05, 4.69) is 28.1 Å². The molecule has 1 aliphatic heterocycles. The van der Waals surface area contributed by atoms with Crippen LogP contribution < -0.4 is 0 Å². The molecule has 0 saturated carbocycles. The molecular formula is C27H33N3O2. The summed E-state index contributed by atoms with van der Waals surface area (Å²) < 4.78 is 0. The van der Waals surface area contributed by atoms with Crippen molar-refractivity contribution in [3.8, 4) is 16.9 Å². The summed E-state index contributed by atoms with van der Waals surface area (Å²) in [6.45, 7) is 9.94. The number of carbonyl (C=O) groups excluding carboxylic acids is 1. The zero-order valence-electron chi connectivity index (χ0n) is 19.3. The summed E-state index contributed by atoms with van der Waals surface area (Å²) in [5.74, 6) is 0.609. The van der Waals surface area contributed by atoms with Crippen molar-refractivity contribution in [2.24, 2.45) is 5.92 Å². The Morgan fingerprint density at radius 1 is 1.16 bits per heavy atom. The summed E-state index contributed by atoms with van der Waals surface area (Å²) in [6, 6.07) is 16.1. The molecule has 3 aromatic rings. The molecule has 0 spiro atoms. The number of aromatic hydroxyl groups is 1. The minimum absolute atomic E-state index is 0.0424. The number of phenolic OH excluding ortho intramolecular Hbond substituents is 1. The van der Waals surface area contributed by atoms with Crippen molar-refractivity contribution in [3.63, 3.8) is 0 Å². The van der Waals surface area contributed by atoms with Gasteiger partial charge in [-0.3, -0.25) is 14.7 Å². The number of amides is 1. The standard InChI is InChI=1S/C27H33N3O2/c1-4-30(5-2)27(32)21-9-8-14-29(17-21)18-22-16-20(12-13-26(22)31)24-15-19(3)28-25-11-7-6-10-23(24)25/h6-7,10-13,15-16,21,31H,4-5,8-9,14,17-18H2,1-3H3. The Balaban J connectivity index is 1.59. The van der Waals surface area contributed by atoms with Crippen LogP contribution in [0.5, 0.6) is 5.75 Å². The Morgan fingerprint density at radius 2 is 1.94 bits per heavy atom. The average molecular weight is 432 g/mol. The zero-order valence-corrected chi connectivity index (χ0v) is 19.3. The molecule has 1 N–H and O–H groups in total. The quantitative estimate of drug-likeness (QED) is 0.597. The van der Waals surface area contributed by atoms with Crippen molar-refractivity contribution in [3.05, 3.63) is 59.8 Å². The predicted octanol–water partition coefficient (Wildman–Crippen LogP) is 5.00. The summed E-state index contributed by atoms with van der Waals surface area (Å²) >= 11 is 0. The van der Waals surface area contributed by atoms with E-state index in [-0.39, 0.29) is 11.8 Å². The number of phenols is 1. The summed E-state index contributed by atoms with van der Waals surface area (Å²) in [7, 11) is 0. The minimum atomic E-state index is 0.0424. The van der Waals surface area contributed by atoms with Crippen LogP contribution in [0.3, 0.4) is 0 Å². The number of aromatic nitrogens is 1. The van der Waals surface area contributed by atoms with Gasteiger partial charge < -0.3 is 10.0 Å². The van der Waals surface area contributed by atoms with Gasteiger partial charge in [0.25, 0.3) is 0 Å². The van der Waals surface area contributed by atoms with Gasteiger partial charge in [-0.15, -0.1) is 0 Å². The first-order valence-corrected chi connectivity index (χ1v) is 11.7. The van der Waals surface area contributed by atoms with E-state index in [1.807, 2.05) is 49.9 Å². The maximum Gasteiger partial charge on any atom is 0.226 e. The molecule has 5 nitrogen and oxygen atoms in total. The van der Waals surface area contributed by atoms with Crippen LogP contribution in [0.15, 0.2) is 48.5 Å². The third-order valence-electron chi connectivity index (χ3n) is 6.56. The number of hydrogen-bond donors (Lipinski definition) is 1. The predicted molar refractivity (Wildman–Crippen MR) is 130 cm³/mol. The lowest BCUT2D eigenvalue weighted by Crippen LogP contribution is -2.44. The summed E-state index contributed by atoms with van der Waals surface area (Å²) in [4.78, 5) is 21.8. The van der Waals surface area contributed by atoms with Crippen molar-refractivity contribution in [1.82, 2.24) is 14.8 Å². The van der Waals surface area contributed by atoms with Gasteiger partial charge >= 0.3 is 0 Å². The number of para-hydroxylation sites is 1. The third kappa shape index (κ3) is 4.63. The van der Waals surface area contributed by atoms with E-state index in [0.29, 0.717) is 12.3 Å². The number of likely N-dealkylation sites (tertiary alicyclic amines) is 1. The smallest absolute Gasteiger partial charge is 0.226 e. The van der Waals surface area contributed by atoms with E-state index >= 15 is 0 Å². The molecule has 1 fully saturated rings. The number of fused-ring (bicyclic) bond motifs is 1. The fourth-order valence-electron chi connectivity index (χ4n) is 4.86. The SMILES string of the molecule is CCN(CC)C(=O)C1CCCN(Cc2cc(-c3cc(C)nc4ccccc34)ccc2O)C1. The van der Waals surface area contributed by atoms with Gasteiger partial charge in [0, 0.05) is 42.8 Å². The average Bonchev–Trinajstić information content (AvgIpc) is 2.81. The van der Waals surface area contributed by atoms with Crippen LogP contribution >= 0.6 is 0 Å².